The minimum atomic E-state index is -0.981. The lowest BCUT2D eigenvalue weighted by molar-refractivity contribution is -0.143. The fourth-order valence-electron chi connectivity index (χ4n) is 6.37. The third-order valence-corrected chi connectivity index (χ3v) is 8.48. The van der Waals surface area contributed by atoms with Gasteiger partial charge in [-0.3, -0.25) is 19.2 Å². The highest BCUT2D eigenvalue weighted by Gasteiger charge is 2.43. The number of likely N-dealkylation sites (tertiary alicyclic amines) is 1. The molecule has 4 N–H and O–H groups in total. The van der Waals surface area contributed by atoms with Crippen LogP contribution in [0.25, 0.3) is 0 Å². The maximum Gasteiger partial charge on any atom is 0.315 e. The van der Waals surface area contributed by atoms with Crippen molar-refractivity contribution < 1.29 is 24.0 Å². The van der Waals surface area contributed by atoms with Gasteiger partial charge >= 0.3 is 6.03 Å². The molecule has 0 aromatic heterocycles. The molecule has 5 amide bonds. The molecule has 0 bridgehead atoms. The quantitative estimate of drug-likeness (QED) is 0.212. The van der Waals surface area contributed by atoms with Gasteiger partial charge < -0.3 is 26.2 Å². The number of carbonyl (C=O) groups excluding carboxylic acids is 5. The maximum atomic E-state index is 14.1. The Kier molecular flexibility index (Phi) is 13.9. The molecule has 1 unspecified atom stereocenters. The van der Waals surface area contributed by atoms with E-state index in [2.05, 4.69) is 53.8 Å². The van der Waals surface area contributed by atoms with E-state index in [0.717, 1.165) is 25.7 Å². The second kappa shape index (κ2) is 17.6. The van der Waals surface area contributed by atoms with Crippen LogP contribution in [0.4, 0.5) is 4.79 Å². The van der Waals surface area contributed by atoms with Crippen LogP contribution in [0.2, 0.25) is 0 Å². The highest BCUT2D eigenvalue weighted by Crippen LogP contribution is 2.31. The van der Waals surface area contributed by atoms with Crippen molar-refractivity contribution >= 4 is 29.5 Å². The number of nitrogens with zero attached hydrogens (tertiary/aromatic N) is 1. The third kappa shape index (κ3) is 9.40. The number of nitrogens with one attached hydrogen (secondary N) is 4. The van der Waals surface area contributed by atoms with Gasteiger partial charge in [0.1, 0.15) is 12.1 Å². The SMILES string of the molecule is C=CCNC(=O)C(=O)C(CCC)NC(=O)[C@@H]1CCCN1C(=O)[C@@H](NC(=O)NC1CCCC1)C1Cc2ccccc2C1.CCC. The molecule has 0 radical (unpaired) electrons. The number of ketones is 1. The van der Waals surface area contributed by atoms with E-state index in [1.54, 1.807) is 4.90 Å². The first-order chi connectivity index (χ1) is 21.2. The lowest BCUT2D eigenvalue weighted by atomic mass is 9.94. The van der Waals surface area contributed by atoms with Gasteiger partial charge in [0.25, 0.3) is 5.91 Å². The summed E-state index contributed by atoms with van der Waals surface area (Å²) in [6.45, 7) is 10.2. The Balaban J connectivity index is 0.00000169. The van der Waals surface area contributed by atoms with Crippen molar-refractivity contribution in [3.05, 3.63) is 48.0 Å². The molecular weight excluding hydrogens is 558 g/mol. The summed E-state index contributed by atoms with van der Waals surface area (Å²) in [6, 6.07) is 5.25. The summed E-state index contributed by atoms with van der Waals surface area (Å²) in [7, 11) is 0. The molecule has 0 spiro atoms. The third-order valence-electron chi connectivity index (χ3n) is 8.48. The topological polar surface area (TPSA) is 137 Å². The van der Waals surface area contributed by atoms with Crippen molar-refractivity contribution in [1.29, 1.82) is 0 Å². The van der Waals surface area contributed by atoms with Crippen LogP contribution in [0.5, 0.6) is 0 Å². The zero-order chi connectivity index (χ0) is 32.1. The number of hydrogen-bond donors (Lipinski definition) is 4. The zero-order valence-corrected chi connectivity index (χ0v) is 26.7. The van der Waals surface area contributed by atoms with Crippen molar-refractivity contribution in [2.45, 2.75) is 116 Å². The summed E-state index contributed by atoms with van der Waals surface area (Å²) >= 11 is 0. The lowest BCUT2D eigenvalue weighted by Crippen LogP contribution is -2.59. The Labute approximate surface area is 262 Å². The van der Waals surface area contributed by atoms with Gasteiger partial charge in [0, 0.05) is 19.1 Å². The predicted octanol–water partition coefficient (Wildman–Crippen LogP) is 3.58. The lowest BCUT2D eigenvalue weighted by Gasteiger charge is -2.32. The molecule has 1 heterocycles. The molecule has 1 aromatic rings. The first-order valence-electron chi connectivity index (χ1n) is 16.4. The van der Waals surface area contributed by atoms with Crippen molar-refractivity contribution in [1.82, 2.24) is 26.2 Å². The number of carbonyl (C=O) groups is 5. The summed E-state index contributed by atoms with van der Waals surface area (Å²) in [5.74, 6) is -2.38. The largest absolute Gasteiger partial charge is 0.346 e. The molecule has 3 aliphatic rings. The summed E-state index contributed by atoms with van der Waals surface area (Å²) in [5.41, 5.74) is 2.33. The van der Waals surface area contributed by atoms with Gasteiger partial charge in [-0.1, -0.05) is 76.8 Å². The van der Waals surface area contributed by atoms with Crippen molar-refractivity contribution in [3.8, 4) is 0 Å². The Morgan fingerprint density at radius 3 is 2.18 bits per heavy atom. The van der Waals surface area contributed by atoms with E-state index in [-0.39, 0.29) is 30.4 Å². The second-order valence-electron chi connectivity index (χ2n) is 12.1. The van der Waals surface area contributed by atoms with Crippen LogP contribution in [0.15, 0.2) is 36.9 Å². The van der Waals surface area contributed by atoms with Gasteiger partial charge in [-0.15, -0.1) is 6.58 Å². The van der Waals surface area contributed by atoms with Crippen molar-refractivity contribution in [3.63, 3.8) is 0 Å². The minimum absolute atomic E-state index is 0.105. The molecule has 3 atom stereocenters. The van der Waals surface area contributed by atoms with Gasteiger partial charge in [-0.2, -0.15) is 0 Å². The van der Waals surface area contributed by atoms with Crippen LogP contribution < -0.4 is 21.3 Å². The molecule has 1 saturated carbocycles. The molecule has 1 aromatic carbocycles. The number of rotatable bonds is 12. The summed E-state index contributed by atoms with van der Waals surface area (Å²) in [4.78, 5) is 67.2. The van der Waals surface area contributed by atoms with E-state index in [1.807, 2.05) is 19.1 Å². The summed E-state index contributed by atoms with van der Waals surface area (Å²) < 4.78 is 0. The minimum Gasteiger partial charge on any atom is -0.346 e. The molecule has 44 heavy (non-hydrogen) atoms. The van der Waals surface area contributed by atoms with Crippen LogP contribution in [0.1, 0.15) is 89.7 Å². The van der Waals surface area contributed by atoms with Gasteiger partial charge in [0.15, 0.2) is 0 Å². The van der Waals surface area contributed by atoms with E-state index in [9.17, 15) is 24.0 Å². The average molecular weight is 610 g/mol. The van der Waals surface area contributed by atoms with Crippen LogP contribution in [0.3, 0.4) is 0 Å². The summed E-state index contributed by atoms with van der Waals surface area (Å²) in [6.07, 6.45) is 10.0. The monoisotopic (exact) mass is 609 g/mol. The van der Waals surface area contributed by atoms with E-state index in [1.165, 1.54) is 23.6 Å². The Morgan fingerprint density at radius 1 is 0.955 bits per heavy atom. The standard InChI is InChI=1S/C31H43N5O5.C3H8/c1-3-10-24(27(37)29(39)32-16-4-2)34-28(38)25-15-9-17-36(25)30(40)26(35-31(41)33-23-13-7-8-14-23)22-18-20-11-5-6-12-21(20)19-22;1-3-2/h4-6,11-12,22-26H,2-3,7-10,13-19H2,1H3,(H,32,39)(H,34,38)(H2,33,35,41);3H2,1-2H3/t24?,25-,26-;/m0./s1. The number of urea groups is 1. The van der Waals surface area contributed by atoms with Crippen LogP contribution >= 0.6 is 0 Å². The van der Waals surface area contributed by atoms with Gasteiger partial charge in [0.05, 0.1) is 6.04 Å². The van der Waals surface area contributed by atoms with Crippen LogP contribution in [0, 0.1) is 5.92 Å². The summed E-state index contributed by atoms with van der Waals surface area (Å²) in [5, 5.41) is 11.2. The molecule has 10 heteroatoms. The van der Waals surface area contributed by atoms with E-state index < -0.39 is 35.7 Å². The van der Waals surface area contributed by atoms with Crippen LogP contribution in [-0.2, 0) is 32.0 Å². The molecule has 2 fully saturated rings. The molecule has 1 aliphatic heterocycles. The molecule has 10 nitrogen and oxygen atoms in total. The Morgan fingerprint density at radius 2 is 1.59 bits per heavy atom. The molecule has 242 valence electrons. The van der Waals surface area contributed by atoms with Gasteiger partial charge in [-0.05, 0) is 62.0 Å². The second-order valence-corrected chi connectivity index (χ2v) is 12.1. The first kappa shape index (κ1) is 34.8. The van der Waals surface area contributed by atoms with E-state index >= 15 is 0 Å². The number of fused-ring (bicyclic) bond motifs is 1. The highest BCUT2D eigenvalue weighted by atomic mass is 16.2. The van der Waals surface area contributed by atoms with E-state index in [4.69, 9.17) is 0 Å². The number of amides is 5. The molecule has 1 saturated heterocycles. The zero-order valence-electron chi connectivity index (χ0n) is 26.7. The van der Waals surface area contributed by atoms with Gasteiger partial charge in [-0.25, -0.2) is 4.79 Å². The molecular formula is C34H51N5O5. The normalized spacial score (nSPS) is 19.2. The number of Topliss-reactive ketones (excluding diaryl/α,β-unsaturated/α-hetero) is 1. The fourth-order valence-corrected chi connectivity index (χ4v) is 6.37. The average Bonchev–Trinajstić information content (AvgIpc) is 3.79. The predicted molar refractivity (Wildman–Crippen MR) is 171 cm³/mol. The number of benzene rings is 1. The van der Waals surface area contributed by atoms with Gasteiger partial charge in [0.2, 0.25) is 17.6 Å². The fraction of sp³-hybridized carbons (Fsp3) is 0.618. The maximum absolute atomic E-state index is 14.1. The van der Waals surface area contributed by atoms with Crippen molar-refractivity contribution in [2.75, 3.05) is 13.1 Å². The van der Waals surface area contributed by atoms with Crippen molar-refractivity contribution in [2.24, 2.45) is 5.92 Å². The first-order valence-corrected chi connectivity index (χ1v) is 16.4. The number of hydrogen-bond acceptors (Lipinski definition) is 5. The molecule has 4 rings (SSSR count). The Hall–Kier alpha value is -3.69. The highest BCUT2D eigenvalue weighted by molar-refractivity contribution is 6.38. The molecule has 2 aliphatic carbocycles. The smallest absolute Gasteiger partial charge is 0.315 e. The van der Waals surface area contributed by atoms with E-state index in [0.29, 0.717) is 45.1 Å². The van der Waals surface area contributed by atoms with Crippen LogP contribution in [-0.4, -0.2) is 71.7 Å². The Bertz CT molecular complexity index is 1140.